The van der Waals surface area contributed by atoms with Crippen molar-refractivity contribution in [1.82, 2.24) is 0 Å². The minimum atomic E-state index is -5.00. The van der Waals surface area contributed by atoms with Gasteiger partial charge in [-0.05, 0) is 167 Å². The minimum absolute atomic E-state index is 0.0311. The van der Waals surface area contributed by atoms with Crippen LogP contribution in [0.3, 0.4) is 0 Å². The molecule has 0 fully saturated rings. The summed E-state index contributed by atoms with van der Waals surface area (Å²) in [5.41, 5.74) is 0. The maximum Gasteiger partial charge on any atom is 0.472 e. The molecule has 0 rings (SSSR count). The van der Waals surface area contributed by atoms with Crippen LogP contribution < -0.4 is 0 Å². The molecule has 0 bridgehead atoms. The highest BCUT2D eigenvalue weighted by Gasteiger charge is 2.30. The van der Waals surface area contributed by atoms with Crippen molar-refractivity contribution in [2.45, 2.75) is 303 Å². The lowest BCUT2D eigenvalue weighted by Crippen LogP contribution is -2.30. The highest BCUT2D eigenvalue weighted by molar-refractivity contribution is 7.47. The average molecular weight is 1470 g/mol. The number of carbonyl (C=O) groups is 4. The molecule has 102 heavy (non-hydrogen) atoms. The predicted molar refractivity (Wildman–Crippen MR) is 417 cm³/mol. The summed E-state index contributed by atoms with van der Waals surface area (Å²) in [6.07, 6.45) is 85.2. The van der Waals surface area contributed by atoms with E-state index in [1.807, 2.05) is 0 Å². The Kier molecular flexibility index (Phi) is 70.1. The van der Waals surface area contributed by atoms with E-state index in [-0.39, 0.29) is 25.7 Å². The molecular weight excluding hydrogens is 1330 g/mol. The second-order valence-corrected chi connectivity index (χ2v) is 28.1. The molecule has 5 unspecified atom stereocenters. The van der Waals surface area contributed by atoms with Gasteiger partial charge in [0.2, 0.25) is 0 Å². The van der Waals surface area contributed by atoms with Gasteiger partial charge in [-0.15, -0.1) is 0 Å². The third kappa shape index (κ3) is 73.0. The largest absolute Gasteiger partial charge is 0.472 e. The first-order chi connectivity index (χ1) is 49.7. The van der Waals surface area contributed by atoms with E-state index in [4.69, 9.17) is 37.0 Å². The predicted octanol–water partition coefficient (Wildman–Crippen LogP) is 22.4. The molecule has 0 heterocycles. The van der Waals surface area contributed by atoms with E-state index in [9.17, 15) is 43.2 Å². The molecule has 17 nitrogen and oxygen atoms in total. The Hall–Kier alpha value is -5.32. The van der Waals surface area contributed by atoms with Crippen molar-refractivity contribution >= 4 is 39.5 Å². The minimum Gasteiger partial charge on any atom is -0.462 e. The van der Waals surface area contributed by atoms with Gasteiger partial charge in [0, 0.05) is 25.7 Å². The molecule has 0 saturated heterocycles. The number of phosphoric ester groups is 2. The molecule has 0 spiro atoms. The van der Waals surface area contributed by atoms with Gasteiger partial charge in [0.05, 0.1) is 26.4 Å². The third-order valence-electron chi connectivity index (χ3n) is 15.5. The van der Waals surface area contributed by atoms with Crippen molar-refractivity contribution in [3.8, 4) is 0 Å². The van der Waals surface area contributed by atoms with Crippen LogP contribution in [0.15, 0.2) is 158 Å². The molecule has 0 aliphatic carbocycles. The summed E-state index contributed by atoms with van der Waals surface area (Å²) >= 11 is 0. The third-order valence-corrected chi connectivity index (χ3v) is 17.4. The second-order valence-electron chi connectivity index (χ2n) is 25.1. The maximum atomic E-state index is 13.1. The molecule has 3 N–H and O–H groups in total. The van der Waals surface area contributed by atoms with Crippen LogP contribution in [0.5, 0.6) is 0 Å². The van der Waals surface area contributed by atoms with Crippen LogP contribution >= 0.6 is 15.6 Å². The standard InChI is InChI=1S/C83H136O17P2/c1-5-9-13-17-21-25-29-33-37-38-42-44-48-52-56-60-64-68-81(86)94-74-79(100-83(88)70-66-62-58-54-50-46-41-36-32-28-24-20-16-12-8-4)76-98-102(91,92)96-72-77(84)71-95-101(89,90)97-75-78(99-82(87)69-65-61-57-53-49-45-40-35-31-27-23-19-15-11-7-3)73-93-80(85)67-63-59-55-51-47-43-39-34-30-26-22-18-14-10-6-2/h9-10,12-14,16,21-28,33-37,39-42,44,50,54,77-79,84H,5-8,11,15,17-20,29-32,38,43,45-49,51-53,55-76H2,1-4H3,(H,89,90)(H,91,92)/b13-9-,14-10-,16-12-,25-21-,26-22-,27-23-,28-24-,37-33-,39-34-,40-35-,41-36-,44-42-,54-50-. The molecule has 0 aromatic heterocycles. The molecule has 0 aliphatic heterocycles. The van der Waals surface area contributed by atoms with Crippen molar-refractivity contribution in [1.29, 1.82) is 0 Å². The monoisotopic (exact) mass is 1470 g/mol. The van der Waals surface area contributed by atoms with E-state index in [1.165, 1.54) is 19.3 Å². The number of aliphatic hydroxyl groups is 1. The van der Waals surface area contributed by atoms with Gasteiger partial charge in [-0.25, -0.2) is 9.13 Å². The molecule has 5 atom stereocenters. The van der Waals surface area contributed by atoms with Gasteiger partial charge < -0.3 is 33.8 Å². The van der Waals surface area contributed by atoms with Gasteiger partial charge in [0.15, 0.2) is 12.2 Å². The Morgan fingerprint density at radius 1 is 0.284 bits per heavy atom. The number of hydrogen-bond donors (Lipinski definition) is 3. The summed E-state index contributed by atoms with van der Waals surface area (Å²) in [5.74, 6) is -2.29. The summed E-state index contributed by atoms with van der Waals surface area (Å²) in [6, 6.07) is 0. The first-order valence-electron chi connectivity index (χ1n) is 38.7. The topological polar surface area (TPSA) is 237 Å². The smallest absolute Gasteiger partial charge is 0.462 e. The number of esters is 4. The van der Waals surface area contributed by atoms with Gasteiger partial charge in [-0.2, -0.15) is 0 Å². The fourth-order valence-electron chi connectivity index (χ4n) is 9.66. The Balaban J connectivity index is 5.46. The Morgan fingerprint density at radius 2 is 0.510 bits per heavy atom. The Labute approximate surface area is 617 Å². The molecular formula is C83H136O17P2. The van der Waals surface area contributed by atoms with Crippen LogP contribution in [0.4, 0.5) is 0 Å². The quantitative estimate of drug-likeness (QED) is 0.0169. The van der Waals surface area contributed by atoms with Crippen LogP contribution in [0, 0.1) is 0 Å². The molecule has 0 radical (unpaired) electrons. The molecule has 19 heteroatoms. The van der Waals surface area contributed by atoms with E-state index in [1.54, 1.807) is 0 Å². The van der Waals surface area contributed by atoms with Crippen LogP contribution in [0.2, 0.25) is 0 Å². The lowest BCUT2D eigenvalue weighted by molar-refractivity contribution is -0.161. The zero-order valence-corrected chi connectivity index (χ0v) is 65.0. The molecule has 0 saturated carbocycles. The van der Waals surface area contributed by atoms with E-state index < -0.39 is 97.5 Å². The summed E-state index contributed by atoms with van der Waals surface area (Å²) in [4.78, 5) is 72.9. The van der Waals surface area contributed by atoms with Gasteiger partial charge in [0.1, 0.15) is 19.3 Å². The fourth-order valence-corrected chi connectivity index (χ4v) is 11.2. The summed E-state index contributed by atoms with van der Waals surface area (Å²) < 4.78 is 68.5. The van der Waals surface area contributed by atoms with Crippen LogP contribution in [0.1, 0.15) is 285 Å². The summed E-state index contributed by atoms with van der Waals surface area (Å²) in [7, 11) is -9.99. The molecule has 0 aliphatic rings. The highest BCUT2D eigenvalue weighted by atomic mass is 31.2. The van der Waals surface area contributed by atoms with Crippen molar-refractivity contribution < 1.29 is 80.2 Å². The van der Waals surface area contributed by atoms with Crippen molar-refractivity contribution in [3.05, 3.63) is 158 Å². The maximum absolute atomic E-state index is 13.1. The Bertz CT molecular complexity index is 2550. The number of ether oxygens (including phenoxy) is 4. The van der Waals surface area contributed by atoms with E-state index in [0.717, 1.165) is 180 Å². The number of hydrogen-bond acceptors (Lipinski definition) is 15. The summed E-state index contributed by atoms with van der Waals surface area (Å²) in [6.45, 7) is 4.38. The van der Waals surface area contributed by atoms with Crippen LogP contribution in [0.25, 0.3) is 0 Å². The SMILES string of the molecule is CC/C=C\C/C=C\C/C=C\C/C=C\CCCCCCC(=O)OCC(COP(=O)(O)OCC(O)COP(=O)(O)OCC(COC(=O)CCCCCCC/C=C\C/C=C\C/C=C\CC)OC(=O)CCCCCCC/C=C\C/C=C\CCCCC)OC(=O)CCCC/C=C\C/C=C\C/C=C\C/C=C\CC. The van der Waals surface area contributed by atoms with Crippen LogP contribution in [-0.4, -0.2) is 96.7 Å². The summed E-state index contributed by atoms with van der Waals surface area (Å²) in [5, 5.41) is 10.6. The van der Waals surface area contributed by atoms with E-state index in [0.29, 0.717) is 32.1 Å². The number of rotatable bonds is 71. The normalized spacial score (nSPS) is 14.8. The molecule has 580 valence electrons. The highest BCUT2D eigenvalue weighted by Crippen LogP contribution is 2.45. The second kappa shape index (κ2) is 74.0. The van der Waals surface area contributed by atoms with Crippen LogP contribution in [-0.2, 0) is 65.4 Å². The van der Waals surface area contributed by atoms with E-state index in [2.05, 4.69) is 186 Å². The van der Waals surface area contributed by atoms with Gasteiger partial charge in [-0.1, -0.05) is 250 Å². The van der Waals surface area contributed by atoms with Crippen molar-refractivity contribution in [2.75, 3.05) is 39.6 Å². The van der Waals surface area contributed by atoms with Gasteiger partial charge >= 0.3 is 39.5 Å². The van der Waals surface area contributed by atoms with Gasteiger partial charge in [-0.3, -0.25) is 37.3 Å². The lowest BCUT2D eigenvalue weighted by Gasteiger charge is -2.21. The van der Waals surface area contributed by atoms with Gasteiger partial charge in [0.25, 0.3) is 0 Å². The number of aliphatic hydroxyl groups excluding tert-OH is 1. The fraction of sp³-hybridized carbons (Fsp3) is 0.639. The molecule has 0 aromatic rings. The first kappa shape index (κ1) is 96.7. The Morgan fingerprint density at radius 3 is 0.804 bits per heavy atom. The zero-order chi connectivity index (χ0) is 74.6. The molecule has 0 amide bonds. The lowest BCUT2D eigenvalue weighted by atomic mass is 10.1. The average Bonchev–Trinajstić information content (AvgIpc) is 0.923. The first-order valence-corrected chi connectivity index (χ1v) is 41.7. The number of unbranched alkanes of at least 4 members (excludes halogenated alkanes) is 19. The molecule has 0 aromatic carbocycles. The zero-order valence-electron chi connectivity index (χ0n) is 63.2. The number of phosphoric acid groups is 2. The number of allylic oxidation sites excluding steroid dienone is 26. The number of carbonyl (C=O) groups excluding carboxylic acids is 4. The van der Waals surface area contributed by atoms with E-state index >= 15 is 0 Å². The van der Waals surface area contributed by atoms with Crippen molar-refractivity contribution in [2.24, 2.45) is 0 Å². The van der Waals surface area contributed by atoms with Crippen molar-refractivity contribution in [3.63, 3.8) is 0 Å².